The van der Waals surface area contributed by atoms with Crippen molar-refractivity contribution in [2.75, 3.05) is 18.0 Å². The van der Waals surface area contributed by atoms with Crippen LogP contribution in [-0.2, 0) is 4.79 Å². The maximum absolute atomic E-state index is 10.8. The molecule has 5 heteroatoms. The predicted octanol–water partition coefficient (Wildman–Crippen LogP) is 3.54. The van der Waals surface area contributed by atoms with Crippen LogP contribution in [0.25, 0.3) is 0 Å². The Morgan fingerprint density at radius 2 is 2.12 bits per heavy atom. The maximum atomic E-state index is 10.8. The minimum absolute atomic E-state index is 0.409. The third-order valence-electron chi connectivity index (χ3n) is 2.57. The fraction of sp³-hybridized carbons (Fsp3) is 0.417. The molecule has 0 saturated heterocycles. The van der Waals surface area contributed by atoms with Crippen molar-refractivity contribution < 1.29 is 9.90 Å². The number of hydrogen-bond donors (Lipinski definition) is 1. The second-order valence-electron chi connectivity index (χ2n) is 3.85. The first-order valence-corrected chi connectivity index (χ1v) is 6.14. The largest absolute Gasteiger partial charge is 0.481 e. The molecule has 1 aromatic rings. The van der Waals surface area contributed by atoms with E-state index in [1.807, 2.05) is 17.9 Å². The molecule has 94 valence electrons. The van der Waals surface area contributed by atoms with Crippen LogP contribution in [0.2, 0.25) is 10.0 Å². The van der Waals surface area contributed by atoms with Gasteiger partial charge in [-0.05, 0) is 19.1 Å². The van der Waals surface area contributed by atoms with Crippen molar-refractivity contribution in [3.63, 3.8) is 0 Å². The van der Waals surface area contributed by atoms with E-state index in [2.05, 4.69) is 0 Å². The van der Waals surface area contributed by atoms with Gasteiger partial charge >= 0.3 is 5.97 Å². The summed E-state index contributed by atoms with van der Waals surface area (Å²) in [5.74, 6) is -1.27. The minimum Gasteiger partial charge on any atom is -0.481 e. The lowest BCUT2D eigenvalue weighted by molar-refractivity contribution is -0.140. The lowest BCUT2D eigenvalue weighted by atomic mass is 10.1. The van der Waals surface area contributed by atoms with Gasteiger partial charge in [0.05, 0.1) is 21.7 Å². The predicted molar refractivity (Wildman–Crippen MR) is 71.1 cm³/mol. The topological polar surface area (TPSA) is 40.5 Å². The van der Waals surface area contributed by atoms with Gasteiger partial charge in [0, 0.05) is 13.1 Å². The van der Waals surface area contributed by atoms with Gasteiger partial charge in [-0.2, -0.15) is 0 Å². The highest BCUT2D eigenvalue weighted by Crippen LogP contribution is 2.32. The van der Waals surface area contributed by atoms with Crippen molar-refractivity contribution in [2.45, 2.75) is 13.8 Å². The van der Waals surface area contributed by atoms with Gasteiger partial charge in [-0.1, -0.05) is 36.2 Å². The van der Waals surface area contributed by atoms with Crippen molar-refractivity contribution >= 4 is 34.9 Å². The van der Waals surface area contributed by atoms with Crippen LogP contribution in [0.5, 0.6) is 0 Å². The molecule has 17 heavy (non-hydrogen) atoms. The summed E-state index contributed by atoms with van der Waals surface area (Å²) in [4.78, 5) is 12.8. The van der Waals surface area contributed by atoms with Crippen molar-refractivity contribution in [3.05, 3.63) is 28.2 Å². The number of carbonyl (C=O) groups is 1. The van der Waals surface area contributed by atoms with Gasteiger partial charge < -0.3 is 10.0 Å². The zero-order valence-electron chi connectivity index (χ0n) is 9.78. The van der Waals surface area contributed by atoms with E-state index in [9.17, 15) is 4.79 Å². The second-order valence-corrected chi connectivity index (χ2v) is 4.64. The highest BCUT2D eigenvalue weighted by Gasteiger charge is 2.17. The van der Waals surface area contributed by atoms with Crippen LogP contribution < -0.4 is 4.90 Å². The van der Waals surface area contributed by atoms with E-state index in [0.29, 0.717) is 23.1 Å². The molecule has 1 N–H and O–H groups in total. The van der Waals surface area contributed by atoms with Gasteiger partial charge in [0.15, 0.2) is 0 Å². The highest BCUT2D eigenvalue weighted by atomic mass is 35.5. The zero-order chi connectivity index (χ0) is 13.0. The average Bonchev–Trinajstić information content (AvgIpc) is 2.29. The summed E-state index contributed by atoms with van der Waals surface area (Å²) < 4.78 is 0. The lowest BCUT2D eigenvalue weighted by Crippen LogP contribution is -2.31. The molecule has 3 nitrogen and oxygen atoms in total. The molecule has 0 aromatic heterocycles. The van der Waals surface area contributed by atoms with E-state index >= 15 is 0 Å². The van der Waals surface area contributed by atoms with Crippen molar-refractivity contribution in [1.29, 1.82) is 0 Å². The summed E-state index contributed by atoms with van der Waals surface area (Å²) in [6.45, 7) is 4.71. The van der Waals surface area contributed by atoms with E-state index in [0.717, 1.165) is 5.69 Å². The molecule has 0 radical (unpaired) electrons. The summed E-state index contributed by atoms with van der Waals surface area (Å²) in [6, 6.07) is 5.35. The van der Waals surface area contributed by atoms with Crippen molar-refractivity contribution in [3.8, 4) is 0 Å². The van der Waals surface area contributed by atoms with E-state index in [-0.39, 0.29) is 0 Å². The summed E-state index contributed by atoms with van der Waals surface area (Å²) >= 11 is 12.0. The number of aliphatic carboxylic acids is 1. The Bertz CT molecular complexity index is 409. The van der Waals surface area contributed by atoms with Gasteiger partial charge in [-0.15, -0.1) is 0 Å². The molecule has 0 amide bonds. The van der Waals surface area contributed by atoms with Crippen molar-refractivity contribution in [2.24, 2.45) is 5.92 Å². The Balaban J connectivity index is 2.94. The number of benzene rings is 1. The monoisotopic (exact) mass is 275 g/mol. The molecule has 0 aliphatic rings. The average molecular weight is 276 g/mol. The van der Waals surface area contributed by atoms with E-state index in [1.165, 1.54) is 0 Å². The van der Waals surface area contributed by atoms with Gasteiger partial charge in [0.2, 0.25) is 0 Å². The number of halogens is 2. The zero-order valence-corrected chi connectivity index (χ0v) is 11.3. The summed E-state index contributed by atoms with van der Waals surface area (Å²) in [5.41, 5.74) is 0.773. The normalized spacial score (nSPS) is 12.2. The SMILES string of the molecule is CCN(CC(C)C(=O)O)c1cccc(Cl)c1Cl. The van der Waals surface area contributed by atoms with Crippen LogP contribution in [0, 0.1) is 5.92 Å². The molecular weight excluding hydrogens is 261 g/mol. The summed E-state index contributed by atoms with van der Waals surface area (Å²) in [7, 11) is 0. The number of nitrogens with zero attached hydrogens (tertiary/aromatic N) is 1. The standard InChI is InChI=1S/C12H15Cl2NO2/c1-3-15(7-8(2)12(16)17)10-6-4-5-9(13)11(10)14/h4-6,8H,3,7H2,1-2H3,(H,16,17). The number of hydrogen-bond acceptors (Lipinski definition) is 2. The number of carboxylic acids is 1. The van der Waals surface area contributed by atoms with Crippen LogP contribution in [0.15, 0.2) is 18.2 Å². The first-order chi connectivity index (χ1) is 7.97. The van der Waals surface area contributed by atoms with Crippen LogP contribution in [0.1, 0.15) is 13.8 Å². The second kappa shape index (κ2) is 6.12. The Kier molecular flexibility index (Phi) is 5.09. The van der Waals surface area contributed by atoms with Crippen molar-refractivity contribution in [1.82, 2.24) is 0 Å². The molecule has 0 aliphatic carbocycles. The van der Waals surface area contributed by atoms with Crippen LogP contribution >= 0.6 is 23.2 Å². The van der Waals surface area contributed by atoms with Gasteiger partial charge in [0.25, 0.3) is 0 Å². The molecule has 0 aliphatic heterocycles. The Hall–Kier alpha value is -0.930. The fourth-order valence-corrected chi connectivity index (χ4v) is 1.96. The quantitative estimate of drug-likeness (QED) is 0.894. The third kappa shape index (κ3) is 3.51. The Labute approximate surface area is 111 Å². The third-order valence-corrected chi connectivity index (χ3v) is 3.38. The highest BCUT2D eigenvalue weighted by molar-refractivity contribution is 6.43. The van der Waals surface area contributed by atoms with E-state index in [4.69, 9.17) is 28.3 Å². The number of anilines is 1. The Morgan fingerprint density at radius 1 is 1.47 bits per heavy atom. The molecule has 1 rings (SSSR count). The Morgan fingerprint density at radius 3 is 2.65 bits per heavy atom. The minimum atomic E-state index is -0.818. The summed E-state index contributed by atoms with van der Waals surface area (Å²) in [6.07, 6.45) is 0. The van der Waals surface area contributed by atoms with Gasteiger partial charge in [0.1, 0.15) is 0 Å². The van der Waals surface area contributed by atoms with Gasteiger partial charge in [-0.3, -0.25) is 4.79 Å². The van der Waals surface area contributed by atoms with Crippen LogP contribution in [-0.4, -0.2) is 24.2 Å². The van der Waals surface area contributed by atoms with Crippen LogP contribution in [0.3, 0.4) is 0 Å². The van der Waals surface area contributed by atoms with Crippen LogP contribution in [0.4, 0.5) is 5.69 Å². The molecule has 0 bridgehead atoms. The molecule has 1 atom stereocenters. The smallest absolute Gasteiger partial charge is 0.308 e. The van der Waals surface area contributed by atoms with E-state index in [1.54, 1.807) is 19.1 Å². The number of rotatable bonds is 5. The maximum Gasteiger partial charge on any atom is 0.308 e. The molecule has 0 spiro atoms. The fourth-order valence-electron chi connectivity index (χ4n) is 1.54. The molecule has 0 fully saturated rings. The molecular formula is C12H15Cl2NO2. The first kappa shape index (κ1) is 14.1. The van der Waals surface area contributed by atoms with E-state index < -0.39 is 11.9 Å². The number of carboxylic acid groups (broad SMARTS) is 1. The molecule has 1 aromatic carbocycles. The molecule has 0 saturated carbocycles. The lowest BCUT2D eigenvalue weighted by Gasteiger charge is -2.26. The first-order valence-electron chi connectivity index (χ1n) is 5.39. The van der Waals surface area contributed by atoms with Gasteiger partial charge in [-0.25, -0.2) is 0 Å². The molecule has 1 unspecified atom stereocenters. The summed E-state index contributed by atoms with van der Waals surface area (Å²) in [5, 5.41) is 9.86. The molecule has 0 heterocycles.